The number of nitrogens with one attached hydrogen (secondary N) is 1. The molecule has 10 heteroatoms. The van der Waals surface area contributed by atoms with Crippen LogP contribution in [0.1, 0.15) is 0 Å². The van der Waals surface area contributed by atoms with Crippen molar-refractivity contribution in [3.8, 4) is 5.75 Å². The van der Waals surface area contributed by atoms with Crippen molar-refractivity contribution in [2.75, 3.05) is 13.2 Å². The van der Waals surface area contributed by atoms with E-state index in [1.54, 1.807) is 18.2 Å². The van der Waals surface area contributed by atoms with Crippen molar-refractivity contribution in [2.45, 2.75) is 12.6 Å². The number of carbonyl (C=O) groups is 1. The molecule has 0 radical (unpaired) electrons. The van der Waals surface area contributed by atoms with E-state index < -0.39 is 23.3 Å². The van der Waals surface area contributed by atoms with E-state index in [9.17, 15) is 19.5 Å². The summed E-state index contributed by atoms with van der Waals surface area (Å²) in [4.78, 5) is 35.0. The number of aromatic nitrogens is 2. The number of ether oxygens (including phenoxy) is 1. The van der Waals surface area contributed by atoms with Crippen LogP contribution in [0.4, 0.5) is 0 Å². The summed E-state index contributed by atoms with van der Waals surface area (Å²) in [5.41, 5.74) is -1.06. The van der Waals surface area contributed by atoms with Gasteiger partial charge in [-0.1, -0.05) is 29.3 Å². The maximum absolute atomic E-state index is 11.9. The standard InChI is InChI=1S/C16H17Cl2N3O5/c1-20-14(24)5-6-21(16(20)25)8-13(23)19-7-10(22)9-26-12-4-2-3-11(17)15(12)18/h2-6,10,22H,7-9H2,1H3,(H,19,23). The zero-order valence-corrected chi connectivity index (χ0v) is 15.3. The predicted octanol–water partition coefficient (Wildman–Crippen LogP) is 0.410. The number of aliphatic hydroxyl groups is 1. The third-order valence-corrected chi connectivity index (χ3v) is 4.26. The molecule has 0 aliphatic carbocycles. The number of hydrogen-bond donors (Lipinski definition) is 2. The molecule has 140 valence electrons. The molecular weight excluding hydrogens is 385 g/mol. The van der Waals surface area contributed by atoms with Crippen molar-refractivity contribution in [1.82, 2.24) is 14.5 Å². The highest BCUT2D eigenvalue weighted by molar-refractivity contribution is 6.42. The van der Waals surface area contributed by atoms with Crippen LogP contribution in [0, 0.1) is 0 Å². The van der Waals surface area contributed by atoms with Crippen molar-refractivity contribution in [3.63, 3.8) is 0 Å². The lowest BCUT2D eigenvalue weighted by Crippen LogP contribution is -2.42. The van der Waals surface area contributed by atoms with E-state index in [2.05, 4.69) is 5.32 Å². The van der Waals surface area contributed by atoms with Crippen molar-refractivity contribution >= 4 is 29.1 Å². The number of nitrogens with zero attached hydrogens (tertiary/aromatic N) is 2. The van der Waals surface area contributed by atoms with E-state index in [4.69, 9.17) is 27.9 Å². The summed E-state index contributed by atoms with van der Waals surface area (Å²) in [5, 5.41) is 12.9. The number of halogens is 2. The molecule has 0 fully saturated rings. The Hall–Kier alpha value is -2.29. The Morgan fingerprint density at radius 2 is 2.04 bits per heavy atom. The van der Waals surface area contributed by atoms with Gasteiger partial charge in [0, 0.05) is 25.9 Å². The van der Waals surface area contributed by atoms with Gasteiger partial charge in [-0.15, -0.1) is 0 Å². The molecule has 1 atom stereocenters. The summed E-state index contributed by atoms with van der Waals surface area (Å²) in [6.07, 6.45) is 0.246. The maximum Gasteiger partial charge on any atom is 0.331 e. The highest BCUT2D eigenvalue weighted by atomic mass is 35.5. The van der Waals surface area contributed by atoms with Crippen LogP contribution in [-0.4, -0.2) is 39.4 Å². The second kappa shape index (κ2) is 8.88. The summed E-state index contributed by atoms with van der Waals surface area (Å²) in [5.74, 6) is -0.174. The lowest BCUT2D eigenvalue weighted by Gasteiger charge is -2.14. The third kappa shape index (κ3) is 5.10. The molecule has 1 aromatic carbocycles. The van der Waals surface area contributed by atoms with Gasteiger partial charge in [0.15, 0.2) is 0 Å². The molecule has 0 aliphatic rings. The van der Waals surface area contributed by atoms with Crippen LogP contribution in [-0.2, 0) is 18.4 Å². The molecule has 1 unspecified atom stereocenters. The summed E-state index contributed by atoms with van der Waals surface area (Å²) in [6, 6.07) is 6.05. The fourth-order valence-corrected chi connectivity index (χ4v) is 2.37. The minimum absolute atomic E-state index is 0.0858. The van der Waals surface area contributed by atoms with Gasteiger partial charge >= 0.3 is 5.69 Å². The van der Waals surface area contributed by atoms with Crippen LogP contribution in [0.25, 0.3) is 0 Å². The first-order chi connectivity index (χ1) is 12.3. The summed E-state index contributed by atoms with van der Waals surface area (Å²) < 4.78 is 7.35. The largest absolute Gasteiger partial charge is 0.489 e. The fraction of sp³-hybridized carbons (Fsp3) is 0.312. The molecule has 0 spiro atoms. The molecule has 0 saturated heterocycles. The zero-order chi connectivity index (χ0) is 19.3. The highest BCUT2D eigenvalue weighted by Crippen LogP contribution is 2.31. The smallest absolute Gasteiger partial charge is 0.331 e. The summed E-state index contributed by atoms with van der Waals surface area (Å²) in [6.45, 7) is -0.474. The van der Waals surface area contributed by atoms with Crippen molar-refractivity contribution in [2.24, 2.45) is 7.05 Å². The van der Waals surface area contributed by atoms with Crippen LogP contribution < -0.4 is 21.3 Å². The monoisotopic (exact) mass is 401 g/mol. The van der Waals surface area contributed by atoms with E-state index in [1.165, 1.54) is 19.3 Å². The Morgan fingerprint density at radius 1 is 1.31 bits per heavy atom. The first kappa shape index (κ1) is 20.0. The molecule has 26 heavy (non-hydrogen) atoms. The van der Waals surface area contributed by atoms with E-state index >= 15 is 0 Å². The van der Waals surface area contributed by atoms with Gasteiger partial charge < -0.3 is 15.2 Å². The molecule has 1 aromatic heterocycles. The lowest BCUT2D eigenvalue weighted by atomic mass is 10.3. The van der Waals surface area contributed by atoms with E-state index in [0.29, 0.717) is 10.8 Å². The molecule has 2 N–H and O–H groups in total. The first-order valence-electron chi connectivity index (χ1n) is 7.57. The molecule has 1 heterocycles. The van der Waals surface area contributed by atoms with Gasteiger partial charge in [0.2, 0.25) is 5.91 Å². The molecule has 8 nitrogen and oxygen atoms in total. The number of hydrogen-bond acceptors (Lipinski definition) is 5. The Bertz CT molecular complexity index is 909. The second-order valence-electron chi connectivity index (χ2n) is 5.44. The maximum atomic E-state index is 11.9. The van der Waals surface area contributed by atoms with E-state index in [1.807, 2.05) is 0 Å². The van der Waals surface area contributed by atoms with E-state index in [0.717, 1.165) is 9.13 Å². The van der Waals surface area contributed by atoms with Gasteiger partial charge in [0.25, 0.3) is 5.56 Å². The van der Waals surface area contributed by atoms with Gasteiger partial charge in [0.1, 0.15) is 30.0 Å². The number of aliphatic hydroxyl groups excluding tert-OH is 1. The molecule has 2 rings (SSSR count). The van der Waals surface area contributed by atoms with E-state index in [-0.39, 0.29) is 24.7 Å². The second-order valence-corrected chi connectivity index (χ2v) is 6.23. The van der Waals surface area contributed by atoms with Crippen molar-refractivity contribution < 1.29 is 14.6 Å². The Balaban J connectivity index is 1.83. The van der Waals surface area contributed by atoms with Crippen molar-refractivity contribution in [3.05, 3.63) is 61.3 Å². The average molecular weight is 402 g/mol. The van der Waals surface area contributed by atoms with Crippen LogP contribution in [0.3, 0.4) is 0 Å². The Morgan fingerprint density at radius 3 is 2.77 bits per heavy atom. The molecular formula is C16H17Cl2N3O5. The van der Waals surface area contributed by atoms with Gasteiger partial charge in [-0.05, 0) is 12.1 Å². The molecule has 1 amide bonds. The fourth-order valence-electron chi connectivity index (χ4n) is 2.02. The quantitative estimate of drug-likeness (QED) is 0.699. The number of carbonyl (C=O) groups excluding carboxylic acids is 1. The molecule has 0 aliphatic heterocycles. The van der Waals surface area contributed by atoms with Crippen LogP contribution in [0.15, 0.2) is 40.1 Å². The van der Waals surface area contributed by atoms with Crippen LogP contribution >= 0.6 is 23.2 Å². The summed E-state index contributed by atoms with van der Waals surface area (Å²) in [7, 11) is 1.32. The predicted molar refractivity (Wildman–Crippen MR) is 96.9 cm³/mol. The lowest BCUT2D eigenvalue weighted by molar-refractivity contribution is -0.122. The van der Waals surface area contributed by atoms with Crippen LogP contribution in [0.2, 0.25) is 10.0 Å². The normalized spacial score (nSPS) is 11.8. The first-order valence-corrected chi connectivity index (χ1v) is 8.33. The van der Waals surface area contributed by atoms with Gasteiger partial charge in [-0.3, -0.25) is 18.7 Å². The zero-order valence-electron chi connectivity index (χ0n) is 13.8. The van der Waals surface area contributed by atoms with Crippen molar-refractivity contribution in [1.29, 1.82) is 0 Å². The molecule has 0 bridgehead atoms. The Kier molecular flexibility index (Phi) is 6.84. The highest BCUT2D eigenvalue weighted by Gasteiger charge is 2.12. The number of amides is 1. The minimum atomic E-state index is -0.995. The van der Waals surface area contributed by atoms with Gasteiger partial charge in [0.05, 0.1) is 5.02 Å². The number of rotatable bonds is 7. The number of benzene rings is 1. The third-order valence-electron chi connectivity index (χ3n) is 3.46. The minimum Gasteiger partial charge on any atom is -0.489 e. The topological polar surface area (TPSA) is 103 Å². The average Bonchev–Trinajstić information content (AvgIpc) is 2.61. The molecule has 2 aromatic rings. The van der Waals surface area contributed by atoms with Gasteiger partial charge in [-0.2, -0.15) is 0 Å². The Labute approximate surface area is 158 Å². The molecule has 0 saturated carbocycles. The van der Waals surface area contributed by atoms with Gasteiger partial charge in [-0.25, -0.2) is 4.79 Å². The van der Waals surface area contributed by atoms with Crippen LogP contribution in [0.5, 0.6) is 5.75 Å². The summed E-state index contributed by atoms with van der Waals surface area (Å²) >= 11 is 11.8. The SMILES string of the molecule is Cn1c(=O)ccn(CC(=O)NCC(O)COc2cccc(Cl)c2Cl)c1=O.